The van der Waals surface area contributed by atoms with Gasteiger partial charge in [-0.05, 0) is 30.5 Å². The Kier molecular flexibility index (Phi) is 4.02. The van der Waals surface area contributed by atoms with Crippen molar-refractivity contribution in [2.45, 2.75) is 38.3 Å². The maximum atomic E-state index is 5.17. The maximum Gasteiger partial charge on any atom is 0.207 e. The Morgan fingerprint density at radius 3 is 3.00 bits per heavy atom. The monoisotopic (exact) mass is 271 g/mol. The SMILES string of the molecule is COCc1cccc(Nc2nccn2C2CCCC2)c1. The van der Waals surface area contributed by atoms with Gasteiger partial charge in [0.25, 0.3) is 0 Å². The Labute approximate surface area is 119 Å². The van der Waals surface area contributed by atoms with Crippen molar-refractivity contribution in [2.75, 3.05) is 12.4 Å². The van der Waals surface area contributed by atoms with Crippen LogP contribution in [0.5, 0.6) is 0 Å². The Morgan fingerprint density at radius 1 is 1.35 bits per heavy atom. The lowest BCUT2D eigenvalue weighted by Gasteiger charge is -2.16. The van der Waals surface area contributed by atoms with Crippen molar-refractivity contribution in [1.29, 1.82) is 0 Å². The first kappa shape index (κ1) is 13.2. The van der Waals surface area contributed by atoms with Gasteiger partial charge >= 0.3 is 0 Å². The molecule has 1 fully saturated rings. The molecule has 0 saturated heterocycles. The highest BCUT2D eigenvalue weighted by molar-refractivity contribution is 5.54. The van der Waals surface area contributed by atoms with E-state index in [1.807, 2.05) is 12.3 Å². The van der Waals surface area contributed by atoms with Crippen LogP contribution in [-0.4, -0.2) is 16.7 Å². The first-order chi connectivity index (χ1) is 9.86. The van der Waals surface area contributed by atoms with Gasteiger partial charge < -0.3 is 14.6 Å². The van der Waals surface area contributed by atoms with Gasteiger partial charge in [-0.25, -0.2) is 4.98 Å². The van der Waals surface area contributed by atoms with Gasteiger partial charge in [0.15, 0.2) is 0 Å². The molecule has 4 heteroatoms. The van der Waals surface area contributed by atoms with E-state index in [1.54, 1.807) is 7.11 Å². The van der Waals surface area contributed by atoms with Crippen LogP contribution in [0.2, 0.25) is 0 Å². The van der Waals surface area contributed by atoms with Crippen molar-refractivity contribution in [3.05, 3.63) is 42.2 Å². The summed E-state index contributed by atoms with van der Waals surface area (Å²) in [5.74, 6) is 0.937. The average molecular weight is 271 g/mol. The molecule has 1 saturated carbocycles. The molecule has 2 aromatic rings. The molecule has 1 aromatic heterocycles. The van der Waals surface area contributed by atoms with Crippen molar-refractivity contribution >= 4 is 11.6 Å². The van der Waals surface area contributed by atoms with Crippen molar-refractivity contribution < 1.29 is 4.74 Å². The first-order valence-electron chi connectivity index (χ1n) is 7.24. The molecule has 0 aliphatic heterocycles. The summed E-state index contributed by atoms with van der Waals surface area (Å²) in [6.45, 7) is 0.632. The van der Waals surface area contributed by atoms with E-state index in [9.17, 15) is 0 Å². The number of ether oxygens (including phenoxy) is 1. The molecule has 1 heterocycles. The predicted molar refractivity (Wildman–Crippen MR) is 80.2 cm³/mol. The second-order valence-corrected chi connectivity index (χ2v) is 5.35. The molecule has 0 radical (unpaired) electrons. The third kappa shape index (κ3) is 2.85. The summed E-state index contributed by atoms with van der Waals surface area (Å²) in [5, 5.41) is 3.42. The number of rotatable bonds is 5. The Hall–Kier alpha value is -1.81. The molecule has 0 bridgehead atoms. The van der Waals surface area contributed by atoms with Crippen molar-refractivity contribution in [1.82, 2.24) is 9.55 Å². The minimum atomic E-state index is 0.599. The number of benzene rings is 1. The lowest BCUT2D eigenvalue weighted by molar-refractivity contribution is 0.185. The van der Waals surface area contributed by atoms with Crippen molar-refractivity contribution in [2.24, 2.45) is 0 Å². The van der Waals surface area contributed by atoms with Crippen LogP contribution in [0.15, 0.2) is 36.7 Å². The van der Waals surface area contributed by atoms with E-state index in [0.29, 0.717) is 12.6 Å². The second kappa shape index (κ2) is 6.09. The van der Waals surface area contributed by atoms with Crippen LogP contribution in [0.4, 0.5) is 11.6 Å². The van der Waals surface area contributed by atoms with Gasteiger partial charge in [0.2, 0.25) is 5.95 Å². The maximum absolute atomic E-state index is 5.17. The van der Waals surface area contributed by atoms with E-state index >= 15 is 0 Å². The Bertz CT molecular complexity index is 558. The third-order valence-electron chi connectivity index (χ3n) is 3.88. The molecule has 20 heavy (non-hydrogen) atoms. The minimum Gasteiger partial charge on any atom is -0.380 e. The normalized spacial score (nSPS) is 15.7. The number of nitrogens with one attached hydrogen (secondary N) is 1. The highest BCUT2D eigenvalue weighted by Crippen LogP contribution is 2.32. The van der Waals surface area contributed by atoms with Gasteiger partial charge in [0.05, 0.1) is 6.61 Å². The molecule has 0 unspecified atom stereocenters. The standard InChI is InChI=1S/C16H21N3O/c1-20-12-13-5-4-6-14(11-13)18-16-17-9-10-19(16)15-7-2-3-8-15/h4-6,9-11,15H,2-3,7-8,12H2,1H3,(H,17,18). The number of hydrogen-bond donors (Lipinski definition) is 1. The zero-order valence-electron chi connectivity index (χ0n) is 11.9. The van der Waals surface area contributed by atoms with Crippen molar-refractivity contribution in [3.63, 3.8) is 0 Å². The molecule has 1 N–H and O–H groups in total. The lowest BCUT2D eigenvalue weighted by atomic mass is 10.2. The van der Waals surface area contributed by atoms with Crippen LogP contribution in [0.25, 0.3) is 0 Å². The van der Waals surface area contributed by atoms with E-state index in [4.69, 9.17) is 4.74 Å². The molecule has 1 aromatic carbocycles. The van der Waals surface area contributed by atoms with E-state index in [0.717, 1.165) is 17.2 Å². The largest absolute Gasteiger partial charge is 0.380 e. The molecule has 3 rings (SSSR count). The third-order valence-corrected chi connectivity index (χ3v) is 3.88. The summed E-state index contributed by atoms with van der Waals surface area (Å²) < 4.78 is 7.45. The van der Waals surface area contributed by atoms with Crippen LogP contribution in [0.1, 0.15) is 37.3 Å². The summed E-state index contributed by atoms with van der Waals surface area (Å²) in [6.07, 6.45) is 9.12. The fourth-order valence-corrected chi connectivity index (χ4v) is 2.92. The summed E-state index contributed by atoms with van der Waals surface area (Å²) in [5.41, 5.74) is 2.22. The molecule has 1 aliphatic rings. The van der Waals surface area contributed by atoms with Gasteiger partial charge in [0.1, 0.15) is 0 Å². The fraction of sp³-hybridized carbons (Fsp3) is 0.438. The zero-order chi connectivity index (χ0) is 13.8. The van der Waals surface area contributed by atoms with E-state index in [2.05, 4.69) is 39.3 Å². The molecule has 106 valence electrons. The molecule has 0 spiro atoms. The molecule has 0 amide bonds. The first-order valence-corrected chi connectivity index (χ1v) is 7.24. The van der Waals surface area contributed by atoms with Crippen LogP contribution >= 0.6 is 0 Å². The van der Waals surface area contributed by atoms with Crippen LogP contribution in [0, 0.1) is 0 Å². The number of nitrogens with zero attached hydrogens (tertiary/aromatic N) is 2. The highest BCUT2D eigenvalue weighted by Gasteiger charge is 2.19. The number of anilines is 2. The molecule has 4 nitrogen and oxygen atoms in total. The molecule has 1 aliphatic carbocycles. The number of aromatic nitrogens is 2. The minimum absolute atomic E-state index is 0.599. The summed E-state index contributed by atoms with van der Waals surface area (Å²) in [4.78, 5) is 4.45. The Balaban J connectivity index is 1.77. The van der Waals surface area contributed by atoms with Gasteiger partial charge in [-0.3, -0.25) is 0 Å². The summed E-state index contributed by atoms with van der Waals surface area (Å²) in [6, 6.07) is 8.88. The average Bonchev–Trinajstić information content (AvgIpc) is 3.10. The summed E-state index contributed by atoms with van der Waals surface area (Å²) in [7, 11) is 1.72. The Morgan fingerprint density at radius 2 is 2.20 bits per heavy atom. The topological polar surface area (TPSA) is 39.1 Å². The predicted octanol–water partition coefficient (Wildman–Crippen LogP) is 3.89. The fourth-order valence-electron chi connectivity index (χ4n) is 2.92. The van der Waals surface area contributed by atoms with E-state index in [-0.39, 0.29) is 0 Å². The smallest absolute Gasteiger partial charge is 0.207 e. The van der Waals surface area contributed by atoms with Gasteiger partial charge in [-0.1, -0.05) is 25.0 Å². The van der Waals surface area contributed by atoms with Crippen LogP contribution < -0.4 is 5.32 Å². The van der Waals surface area contributed by atoms with Gasteiger partial charge in [-0.15, -0.1) is 0 Å². The number of hydrogen-bond acceptors (Lipinski definition) is 3. The number of methoxy groups -OCH3 is 1. The van der Waals surface area contributed by atoms with E-state index in [1.165, 1.54) is 25.7 Å². The van der Waals surface area contributed by atoms with Gasteiger partial charge in [-0.2, -0.15) is 0 Å². The zero-order valence-corrected chi connectivity index (χ0v) is 11.9. The number of imidazole rings is 1. The second-order valence-electron chi connectivity index (χ2n) is 5.35. The van der Waals surface area contributed by atoms with E-state index < -0.39 is 0 Å². The molecular formula is C16H21N3O. The van der Waals surface area contributed by atoms with Crippen LogP contribution in [0.3, 0.4) is 0 Å². The summed E-state index contributed by atoms with van der Waals surface area (Å²) >= 11 is 0. The van der Waals surface area contributed by atoms with Crippen molar-refractivity contribution in [3.8, 4) is 0 Å². The van der Waals surface area contributed by atoms with Crippen LogP contribution in [-0.2, 0) is 11.3 Å². The lowest BCUT2D eigenvalue weighted by Crippen LogP contribution is -2.08. The highest BCUT2D eigenvalue weighted by atomic mass is 16.5. The van der Waals surface area contributed by atoms with Gasteiger partial charge in [0, 0.05) is 31.2 Å². The molecule has 0 atom stereocenters. The quantitative estimate of drug-likeness (QED) is 0.896. The molecular weight excluding hydrogens is 250 g/mol.